The van der Waals surface area contributed by atoms with Gasteiger partial charge in [0.2, 0.25) is 0 Å². The minimum absolute atomic E-state index is 0.216. The van der Waals surface area contributed by atoms with Crippen molar-refractivity contribution in [3.63, 3.8) is 0 Å². The summed E-state index contributed by atoms with van der Waals surface area (Å²) in [5.74, 6) is 0. The number of benzene rings is 1. The second-order valence-electron chi connectivity index (χ2n) is 5.91. The molecule has 0 saturated carbocycles. The van der Waals surface area contributed by atoms with Crippen LogP contribution in [0, 0.1) is 0 Å². The maximum Gasteiger partial charge on any atom is 0.296 e. The third kappa shape index (κ3) is 9.48. The van der Waals surface area contributed by atoms with E-state index in [1.54, 1.807) is 24.3 Å². The average Bonchev–Trinajstić information content (AvgIpc) is 2.53. The lowest BCUT2D eigenvalue weighted by molar-refractivity contribution is 0.306. The van der Waals surface area contributed by atoms with Gasteiger partial charge in [-0.3, -0.25) is 4.18 Å². The number of unbranched alkanes of at least 4 members (excludes halogenated alkanes) is 9. The van der Waals surface area contributed by atoms with E-state index in [4.69, 9.17) is 4.18 Å². The lowest BCUT2D eigenvalue weighted by Gasteiger charge is -2.06. The molecule has 1 aromatic rings. The molecule has 132 valence electrons. The Morgan fingerprint density at radius 3 is 1.83 bits per heavy atom. The molecule has 0 aromatic heterocycles. The maximum atomic E-state index is 12.0. The molecule has 0 amide bonds. The zero-order chi connectivity index (χ0) is 17.0. The number of halogens is 1. The quantitative estimate of drug-likeness (QED) is 0.295. The molecule has 0 aliphatic rings. The van der Waals surface area contributed by atoms with Crippen molar-refractivity contribution >= 4 is 26.0 Å². The van der Waals surface area contributed by atoms with Crippen molar-refractivity contribution in [1.82, 2.24) is 0 Å². The average molecular weight is 405 g/mol. The molecule has 3 nitrogen and oxygen atoms in total. The van der Waals surface area contributed by atoms with Gasteiger partial charge in [0.25, 0.3) is 10.1 Å². The summed E-state index contributed by atoms with van der Waals surface area (Å²) in [5.41, 5.74) is 0. The van der Waals surface area contributed by atoms with Crippen LogP contribution in [-0.4, -0.2) is 15.0 Å². The zero-order valence-electron chi connectivity index (χ0n) is 14.1. The molecule has 0 fully saturated rings. The Kier molecular flexibility index (Phi) is 10.8. The molecule has 0 N–H and O–H groups in total. The van der Waals surface area contributed by atoms with Crippen LogP contribution in [-0.2, 0) is 14.3 Å². The van der Waals surface area contributed by atoms with Crippen molar-refractivity contribution in [2.45, 2.75) is 76.0 Å². The highest BCUT2D eigenvalue weighted by atomic mass is 79.9. The highest BCUT2D eigenvalue weighted by Gasteiger charge is 2.14. The Morgan fingerprint density at radius 1 is 0.826 bits per heavy atom. The van der Waals surface area contributed by atoms with Crippen LogP contribution in [0.15, 0.2) is 33.6 Å². The molecule has 0 heterocycles. The van der Waals surface area contributed by atoms with Crippen LogP contribution in [0.4, 0.5) is 0 Å². The summed E-state index contributed by atoms with van der Waals surface area (Å²) >= 11 is 3.29. The summed E-state index contributed by atoms with van der Waals surface area (Å²) in [6.07, 6.45) is 12.2. The lowest BCUT2D eigenvalue weighted by Crippen LogP contribution is -2.07. The first-order valence-corrected chi connectivity index (χ1v) is 10.9. The summed E-state index contributed by atoms with van der Waals surface area (Å²) in [4.78, 5) is 0.216. The van der Waals surface area contributed by atoms with Crippen molar-refractivity contribution in [2.24, 2.45) is 0 Å². The van der Waals surface area contributed by atoms with E-state index in [9.17, 15) is 8.42 Å². The van der Waals surface area contributed by atoms with Crippen LogP contribution in [0.2, 0.25) is 0 Å². The number of rotatable bonds is 13. The van der Waals surface area contributed by atoms with Gasteiger partial charge < -0.3 is 0 Å². The summed E-state index contributed by atoms with van der Waals surface area (Å²) in [6, 6.07) is 6.52. The molecule has 0 radical (unpaired) electrons. The highest BCUT2D eigenvalue weighted by molar-refractivity contribution is 9.10. The second-order valence-corrected chi connectivity index (χ2v) is 8.44. The molecule has 0 aliphatic carbocycles. The van der Waals surface area contributed by atoms with E-state index in [-0.39, 0.29) is 11.5 Å². The standard InChI is InChI=1S/C18H29BrO3S/c1-2-3-4-5-6-7-8-9-10-11-16-22-23(20,21)18-14-12-17(19)13-15-18/h12-15H,2-11,16H2,1H3. The Hall–Kier alpha value is -0.390. The lowest BCUT2D eigenvalue weighted by atomic mass is 10.1. The van der Waals surface area contributed by atoms with Gasteiger partial charge in [0.15, 0.2) is 0 Å². The smallest absolute Gasteiger partial charge is 0.266 e. The molecule has 23 heavy (non-hydrogen) atoms. The van der Waals surface area contributed by atoms with Gasteiger partial charge in [-0.25, -0.2) is 0 Å². The normalized spacial score (nSPS) is 11.7. The van der Waals surface area contributed by atoms with E-state index in [0.29, 0.717) is 0 Å². The monoisotopic (exact) mass is 404 g/mol. The van der Waals surface area contributed by atoms with Crippen LogP contribution >= 0.6 is 15.9 Å². The number of hydrogen-bond acceptors (Lipinski definition) is 3. The second kappa shape index (κ2) is 12.0. The molecular weight excluding hydrogens is 376 g/mol. The first-order chi connectivity index (χ1) is 11.1. The highest BCUT2D eigenvalue weighted by Crippen LogP contribution is 2.17. The van der Waals surface area contributed by atoms with Gasteiger partial charge in [-0.15, -0.1) is 0 Å². The molecular formula is C18H29BrO3S. The molecule has 0 atom stereocenters. The third-order valence-electron chi connectivity index (χ3n) is 3.84. The predicted octanol–water partition coefficient (Wildman–Crippen LogP) is 6.08. The van der Waals surface area contributed by atoms with Crippen LogP contribution in [0.25, 0.3) is 0 Å². The maximum absolute atomic E-state index is 12.0. The van der Waals surface area contributed by atoms with Crippen molar-refractivity contribution < 1.29 is 12.6 Å². The van der Waals surface area contributed by atoms with Gasteiger partial charge >= 0.3 is 0 Å². The Labute approximate surface area is 150 Å². The van der Waals surface area contributed by atoms with E-state index in [1.165, 1.54) is 44.9 Å². The first kappa shape index (κ1) is 20.7. The van der Waals surface area contributed by atoms with Crippen molar-refractivity contribution in [3.8, 4) is 0 Å². The minimum Gasteiger partial charge on any atom is -0.266 e. The van der Waals surface area contributed by atoms with Crippen LogP contribution in [0.5, 0.6) is 0 Å². The SMILES string of the molecule is CCCCCCCCCCCCOS(=O)(=O)c1ccc(Br)cc1. The topological polar surface area (TPSA) is 43.4 Å². The van der Waals surface area contributed by atoms with Gasteiger partial charge in [0.1, 0.15) is 0 Å². The van der Waals surface area contributed by atoms with E-state index in [0.717, 1.165) is 23.7 Å². The van der Waals surface area contributed by atoms with Gasteiger partial charge in [0, 0.05) is 4.47 Å². The van der Waals surface area contributed by atoms with Crippen molar-refractivity contribution in [1.29, 1.82) is 0 Å². The van der Waals surface area contributed by atoms with Crippen LogP contribution in [0.1, 0.15) is 71.1 Å². The van der Waals surface area contributed by atoms with E-state index < -0.39 is 10.1 Å². The summed E-state index contributed by atoms with van der Waals surface area (Å²) in [5, 5.41) is 0. The molecule has 0 unspecified atom stereocenters. The van der Waals surface area contributed by atoms with E-state index in [1.807, 2.05) is 0 Å². The summed E-state index contributed by atoms with van der Waals surface area (Å²) in [6.45, 7) is 2.51. The molecule has 0 saturated heterocycles. The molecule has 0 bridgehead atoms. The Balaban J connectivity index is 2.05. The van der Waals surface area contributed by atoms with Crippen LogP contribution in [0.3, 0.4) is 0 Å². The molecule has 1 rings (SSSR count). The fraction of sp³-hybridized carbons (Fsp3) is 0.667. The predicted molar refractivity (Wildman–Crippen MR) is 99.1 cm³/mol. The summed E-state index contributed by atoms with van der Waals surface area (Å²) < 4.78 is 29.9. The fourth-order valence-corrected chi connectivity index (χ4v) is 3.63. The van der Waals surface area contributed by atoms with Gasteiger partial charge in [0.05, 0.1) is 11.5 Å². The van der Waals surface area contributed by atoms with Gasteiger partial charge in [-0.2, -0.15) is 8.42 Å². The third-order valence-corrected chi connectivity index (χ3v) is 5.69. The molecule has 1 aromatic carbocycles. The Morgan fingerprint density at radius 2 is 1.30 bits per heavy atom. The first-order valence-electron chi connectivity index (χ1n) is 8.71. The molecule has 0 aliphatic heterocycles. The molecule has 0 spiro atoms. The van der Waals surface area contributed by atoms with E-state index >= 15 is 0 Å². The van der Waals surface area contributed by atoms with Crippen molar-refractivity contribution in [2.75, 3.05) is 6.61 Å². The Bertz CT molecular complexity index is 512. The minimum atomic E-state index is -3.61. The largest absolute Gasteiger partial charge is 0.296 e. The van der Waals surface area contributed by atoms with Gasteiger partial charge in [-0.1, -0.05) is 80.6 Å². The summed E-state index contributed by atoms with van der Waals surface area (Å²) in [7, 11) is -3.61. The van der Waals surface area contributed by atoms with Crippen molar-refractivity contribution in [3.05, 3.63) is 28.7 Å². The van der Waals surface area contributed by atoms with Gasteiger partial charge in [-0.05, 0) is 30.7 Å². The number of hydrogen-bond donors (Lipinski definition) is 0. The fourth-order valence-electron chi connectivity index (χ4n) is 2.43. The van der Waals surface area contributed by atoms with E-state index in [2.05, 4.69) is 22.9 Å². The van der Waals surface area contributed by atoms with Crippen LogP contribution < -0.4 is 0 Å². The zero-order valence-corrected chi connectivity index (χ0v) is 16.5. The molecule has 5 heteroatoms.